The first kappa shape index (κ1) is 11.5. The lowest BCUT2D eigenvalue weighted by atomic mass is 9.91. The molecule has 1 aromatic carbocycles. The van der Waals surface area contributed by atoms with E-state index in [9.17, 15) is 0 Å². The van der Waals surface area contributed by atoms with Crippen molar-refractivity contribution in [2.24, 2.45) is 5.73 Å². The monoisotopic (exact) mass is 218 g/mol. The van der Waals surface area contributed by atoms with Crippen molar-refractivity contribution in [3.8, 4) is 0 Å². The summed E-state index contributed by atoms with van der Waals surface area (Å²) >= 11 is 0. The van der Waals surface area contributed by atoms with Gasteiger partial charge in [-0.25, -0.2) is 0 Å². The van der Waals surface area contributed by atoms with E-state index >= 15 is 0 Å². The zero-order valence-electron chi connectivity index (χ0n) is 10.1. The van der Waals surface area contributed by atoms with Crippen molar-refractivity contribution in [1.82, 2.24) is 0 Å². The molecule has 0 spiro atoms. The van der Waals surface area contributed by atoms with E-state index in [0.717, 1.165) is 13.0 Å². The van der Waals surface area contributed by atoms with E-state index in [-0.39, 0.29) is 6.04 Å². The van der Waals surface area contributed by atoms with Crippen molar-refractivity contribution in [3.05, 3.63) is 29.3 Å². The molecule has 2 rings (SSSR count). The van der Waals surface area contributed by atoms with Gasteiger partial charge in [-0.15, -0.1) is 0 Å². The summed E-state index contributed by atoms with van der Waals surface area (Å²) in [6.07, 6.45) is 6.23. The quantitative estimate of drug-likeness (QED) is 0.815. The van der Waals surface area contributed by atoms with Crippen LogP contribution in [-0.2, 0) is 12.8 Å². The van der Waals surface area contributed by atoms with Crippen LogP contribution in [0.1, 0.15) is 37.3 Å². The molecule has 0 saturated carbocycles. The van der Waals surface area contributed by atoms with Crippen molar-refractivity contribution in [3.63, 3.8) is 0 Å². The highest BCUT2D eigenvalue weighted by Crippen LogP contribution is 2.24. The van der Waals surface area contributed by atoms with Gasteiger partial charge in [0.15, 0.2) is 0 Å². The van der Waals surface area contributed by atoms with Gasteiger partial charge < -0.3 is 11.1 Å². The van der Waals surface area contributed by atoms with Crippen LogP contribution >= 0.6 is 0 Å². The summed E-state index contributed by atoms with van der Waals surface area (Å²) in [5, 5.41) is 3.45. The summed E-state index contributed by atoms with van der Waals surface area (Å²) in [5.74, 6) is 0. The lowest BCUT2D eigenvalue weighted by molar-refractivity contribution is 0.683. The summed E-state index contributed by atoms with van der Waals surface area (Å²) in [6.45, 7) is 3.02. The Morgan fingerprint density at radius 1 is 1.25 bits per heavy atom. The maximum Gasteiger partial charge on any atom is 0.0343 e. The second kappa shape index (κ2) is 5.35. The predicted octanol–water partition coefficient (Wildman–Crippen LogP) is 2.71. The number of hydrogen-bond donors (Lipinski definition) is 2. The summed E-state index contributed by atoms with van der Waals surface area (Å²) in [7, 11) is 0. The van der Waals surface area contributed by atoms with E-state index in [1.807, 2.05) is 0 Å². The first-order valence-corrected chi connectivity index (χ1v) is 6.37. The maximum atomic E-state index is 5.73. The highest BCUT2D eigenvalue weighted by molar-refractivity contribution is 5.49. The molecule has 0 radical (unpaired) electrons. The fourth-order valence-corrected chi connectivity index (χ4v) is 2.29. The Balaban J connectivity index is 1.95. The maximum absolute atomic E-state index is 5.73. The number of nitrogens with one attached hydrogen (secondary N) is 1. The average molecular weight is 218 g/mol. The molecule has 88 valence electrons. The molecule has 0 fully saturated rings. The van der Waals surface area contributed by atoms with Crippen LogP contribution in [0.4, 0.5) is 5.69 Å². The van der Waals surface area contributed by atoms with Gasteiger partial charge in [-0.3, -0.25) is 0 Å². The van der Waals surface area contributed by atoms with E-state index in [0.29, 0.717) is 0 Å². The van der Waals surface area contributed by atoms with Crippen LogP contribution in [0.5, 0.6) is 0 Å². The van der Waals surface area contributed by atoms with Crippen molar-refractivity contribution < 1.29 is 0 Å². The zero-order valence-corrected chi connectivity index (χ0v) is 10.1. The molecular weight excluding hydrogens is 196 g/mol. The van der Waals surface area contributed by atoms with Crippen LogP contribution in [-0.4, -0.2) is 12.6 Å². The molecule has 1 atom stereocenters. The normalized spacial score (nSPS) is 16.6. The van der Waals surface area contributed by atoms with E-state index in [2.05, 4.69) is 30.4 Å². The van der Waals surface area contributed by atoms with Crippen molar-refractivity contribution in [1.29, 1.82) is 0 Å². The second-order valence-corrected chi connectivity index (χ2v) is 4.88. The van der Waals surface area contributed by atoms with Crippen molar-refractivity contribution in [2.75, 3.05) is 11.9 Å². The highest BCUT2D eigenvalue weighted by Gasteiger charge is 2.09. The minimum atomic E-state index is 0.283. The number of rotatable bonds is 4. The summed E-state index contributed by atoms with van der Waals surface area (Å²) in [6, 6.07) is 7.08. The minimum Gasteiger partial charge on any atom is -0.385 e. The van der Waals surface area contributed by atoms with Crippen LogP contribution in [0.3, 0.4) is 0 Å². The molecule has 0 saturated heterocycles. The molecule has 1 aliphatic carbocycles. The molecule has 0 heterocycles. The van der Waals surface area contributed by atoms with Gasteiger partial charge in [0, 0.05) is 18.3 Å². The lowest BCUT2D eigenvalue weighted by Gasteiger charge is -2.17. The van der Waals surface area contributed by atoms with Crippen LogP contribution in [0.15, 0.2) is 18.2 Å². The van der Waals surface area contributed by atoms with Gasteiger partial charge >= 0.3 is 0 Å². The molecule has 0 bridgehead atoms. The molecule has 0 aromatic heterocycles. The first-order valence-electron chi connectivity index (χ1n) is 6.37. The second-order valence-electron chi connectivity index (χ2n) is 4.88. The van der Waals surface area contributed by atoms with E-state index in [4.69, 9.17) is 5.73 Å². The summed E-state index contributed by atoms with van der Waals surface area (Å²) in [5.41, 5.74) is 10.1. The van der Waals surface area contributed by atoms with Crippen LogP contribution in [0, 0.1) is 0 Å². The number of aryl methyl sites for hydroxylation is 2. The molecular formula is C14H22N2. The van der Waals surface area contributed by atoms with Gasteiger partial charge in [0.1, 0.15) is 0 Å². The van der Waals surface area contributed by atoms with E-state index < -0.39 is 0 Å². The average Bonchev–Trinajstić information content (AvgIpc) is 2.28. The Labute approximate surface area is 98.2 Å². The van der Waals surface area contributed by atoms with Gasteiger partial charge in [-0.2, -0.15) is 0 Å². The number of nitrogens with two attached hydrogens (primary N) is 1. The van der Waals surface area contributed by atoms with Gasteiger partial charge in [0.2, 0.25) is 0 Å². The lowest BCUT2D eigenvalue weighted by Crippen LogP contribution is -2.19. The topological polar surface area (TPSA) is 38.0 Å². The Morgan fingerprint density at radius 3 is 2.75 bits per heavy atom. The number of anilines is 1. The first-order chi connectivity index (χ1) is 7.75. The molecule has 3 N–H and O–H groups in total. The molecule has 1 aromatic rings. The molecule has 1 aliphatic rings. The molecule has 16 heavy (non-hydrogen) atoms. The van der Waals surface area contributed by atoms with E-state index in [1.54, 1.807) is 5.56 Å². The number of fused-ring (bicyclic) bond motifs is 1. The minimum absolute atomic E-state index is 0.283. The van der Waals surface area contributed by atoms with Gasteiger partial charge in [-0.05, 0) is 62.3 Å². The number of hydrogen-bond acceptors (Lipinski definition) is 2. The SMILES string of the molecule is CC(N)CCNc1ccc2c(c1)CCCC2. The van der Waals surface area contributed by atoms with Crippen LogP contribution in [0.25, 0.3) is 0 Å². The fraction of sp³-hybridized carbons (Fsp3) is 0.571. The van der Waals surface area contributed by atoms with Gasteiger partial charge in [0.05, 0.1) is 0 Å². The van der Waals surface area contributed by atoms with Gasteiger partial charge in [-0.1, -0.05) is 6.07 Å². The summed E-state index contributed by atoms with van der Waals surface area (Å²) < 4.78 is 0. The fourth-order valence-electron chi connectivity index (χ4n) is 2.29. The van der Waals surface area contributed by atoms with Crippen molar-refractivity contribution in [2.45, 2.75) is 45.1 Å². The Morgan fingerprint density at radius 2 is 2.00 bits per heavy atom. The summed E-state index contributed by atoms with van der Waals surface area (Å²) in [4.78, 5) is 0. The Bertz CT molecular complexity index is 345. The third kappa shape index (κ3) is 2.99. The standard InChI is InChI=1S/C14H22N2/c1-11(15)8-9-16-14-7-6-12-4-2-3-5-13(12)10-14/h6-7,10-11,16H,2-5,8-9,15H2,1H3. The van der Waals surface area contributed by atoms with E-state index in [1.165, 1.54) is 36.9 Å². The number of benzene rings is 1. The molecule has 2 heteroatoms. The molecule has 1 unspecified atom stereocenters. The van der Waals surface area contributed by atoms with Crippen LogP contribution < -0.4 is 11.1 Å². The highest BCUT2D eigenvalue weighted by atomic mass is 14.9. The van der Waals surface area contributed by atoms with Crippen molar-refractivity contribution >= 4 is 5.69 Å². The molecule has 2 nitrogen and oxygen atoms in total. The van der Waals surface area contributed by atoms with Crippen LogP contribution in [0.2, 0.25) is 0 Å². The Hall–Kier alpha value is -1.02. The Kier molecular flexibility index (Phi) is 3.83. The molecule has 0 amide bonds. The zero-order chi connectivity index (χ0) is 11.4. The van der Waals surface area contributed by atoms with Gasteiger partial charge in [0.25, 0.3) is 0 Å². The predicted molar refractivity (Wildman–Crippen MR) is 69.8 cm³/mol. The molecule has 0 aliphatic heterocycles. The third-order valence-corrected chi connectivity index (χ3v) is 3.28. The smallest absolute Gasteiger partial charge is 0.0343 e. The third-order valence-electron chi connectivity index (χ3n) is 3.28. The largest absolute Gasteiger partial charge is 0.385 e.